The summed E-state index contributed by atoms with van der Waals surface area (Å²) in [6.07, 6.45) is 1.03. The van der Waals surface area contributed by atoms with Crippen LogP contribution in [-0.4, -0.2) is 61.8 Å². The van der Waals surface area contributed by atoms with Crippen LogP contribution in [0, 0.1) is 6.92 Å². The third kappa shape index (κ3) is 7.70. The highest BCUT2D eigenvalue weighted by molar-refractivity contribution is 14.0. The summed E-state index contributed by atoms with van der Waals surface area (Å²) in [5.41, 5.74) is 0. The van der Waals surface area contributed by atoms with Crippen LogP contribution in [0.15, 0.2) is 17.1 Å². The molecule has 150 valence electrons. The topological polar surface area (TPSA) is 48.9 Å². The second kappa shape index (κ2) is 12.2. The second-order valence-electron chi connectivity index (χ2n) is 6.99. The molecule has 3 atom stereocenters. The monoisotopic (exact) mass is 494 g/mol. The van der Waals surface area contributed by atoms with Gasteiger partial charge in [-0.05, 0) is 46.8 Å². The Bertz CT molecular complexity index is 551. The average Bonchev–Trinajstić information content (AvgIpc) is 2.97. The van der Waals surface area contributed by atoms with Gasteiger partial charge in [-0.1, -0.05) is 0 Å². The molecule has 1 aliphatic heterocycles. The van der Waals surface area contributed by atoms with Crippen LogP contribution >= 0.6 is 35.3 Å². The molecule has 7 heteroatoms. The molecule has 1 fully saturated rings. The third-order valence-electron chi connectivity index (χ3n) is 4.53. The normalized spacial score (nSPS) is 21.0. The molecule has 5 nitrogen and oxygen atoms in total. The van der Waals surface area contributed by atoms with Crippen LogP contribution in [0.3, 0.4) is 0 Å². The van der Waals surface area contributed by atoms with E-state index in [-0.39, 0.29) is 24.0 Å². The van der Waals surface area contributed by atoms with Gasteiger partial charge < -0.3 is 15.4 Å². The molecule has 2 rings (SSSR count). The molecule has 26 heavy (non-hydrogen) atoms. The van der Waals surface area contributed by atoms with Crippen LogP contribution < -0.4 is 10.6 Å². The Hall–Kier alpha value is -0.380. The van der Waals surface area contributed by atoms with Gasteiger partial charge in [0.15, 0.2) is 5.96 Å². The maximum atomic E-state index is 5.54. The van der Waals surface area contributed by atoms with Gasteiger partial charge in [0.25, 0.3) is 0 Å². The summed E-state index contributed by atoms with van der Waals surface area (Å²) in [7, 11) is 0. The van der Waals surface area contributed by atoms with Crippen molar-refractivity contribution in [3.8, 4) is 0 Å². The largest absolute Gasteiger partial charge is 0.379 e. The molecule has 3 unspecified atom stereocenters. The van der Waals surface area contributed by atoms with Crippen molar-refractivity contribution in [1.29, 1.82) is 0 Å². The number of hydrogen-bond acceptors (Lipinski definition) is 4. The Kier molecular flexibility index (Phi) is 11.1. The van der Waals surface area contributed by atoms with Gasteiger partial charge in [-0.25, -0.2) is 0 Å². The Balaban J connectivity index is 0.00000338. The van der Waals surface area contributed by atoms with E-state index < -0.39 is 0 Å². The van der Waals surface area contributed by atoms with Crippen LogP contribution in [0.5, 0.6) is 0 Å². The van der Waals surface area contributed by atoms with E-state index in [4.69, 9.17) is 9.73 Å². The first-order valence-electron chi connectivity index (χ1n) is 9.43. The smallest absolute Gasteiger partial charge is 0.191 e. The van der Waals surface area contributed by atoms with Crippen molar-refractivity contribution >= 4 is 41.3 Å². The van der Waals surface area contributed by atoms with E-state index in [9.17, 15) is 0 Å². The van der Waals surface area contributed by atoms with E-state index in [1.165, 1.54) is 9.75 Å². The zero-order valence-corrected chi connectivity index (χ0v) is 19.9. The highest BCUT2D eigenvalue weighted by Crippen LogP contribution is 2.16. The second-order valence-corrected chi connectivity index (χ2v) is 8.36. The first kappa shape index (κ1) is 23.7. The average molecular weight is 494 g/mol. The van der Waals surface area contributed by atoms with Crippen molar-refractivity contribution in [3.63, 3.8) is 0 Å². The van der Waals surface area contributed by atoms with Crippen LogP contribution in [0.2, 0.25) is 0 Å². The third-order valence-corrected chi connectivity index (χ3v) is 5.55. The minimum atomic E-state index is 0. The lowest BCUT2D eigenvalue weighted by atomic mass is 10.2. The predicted octanol–water partition coefficient (Wildman–Crippen LogP) is 3.27. The van der Waals surface area contributed by atoms with Gasteiger partial charge in [0.05, 0.1) is 19.8 Å². The Labute approximate surface area is 180 Å². The number of aryl methyl sites for hydroxylation is 1. The molecule has 0 amide bonds. The summed E-state index contributed by atoms with van der Waals surface area (Å²) in [5.74, 6) is 0.913. The summed E-state index contributed by atoms with van der Waals surface area (Å²) in [6, 6.07) is 5.66. The van der Waals surface area contributed by atoms with Gasteiger partial charge >= 0.3 is 0 Å². The van der Waals surface area contributed by atoms with Crippen LogP contribution in [0.1, 0.15) is 37.4 Å². The van der Waals surface area contributed by atoms with Crippen molar-refractivity contribution in [2.75, 3.05) is 32.8 Å². The summed E-state index contributed by atoms with van der Waals surface area (Å²) < 4.78 is 5.54. The number of guanidine groups is 1. The van der Waals surface area contributed by atoms with Gasteiger partial charge in [-0.3, -0.25) is 9.89 Å². The zero-order valence-electron chi connectivity index (χ0n) is 16.7. The van der Waals surface area contributed by atoms with E-state index in [0.717, 1.165) is 45.2 Å². The zero-order chi connectivity index (χ0) is 18.2. The van der Waals surface area contributed by atoms with Crippen molar-refractivity contribution in [2.45, 2.75) is 59.2 Å². The first-order chi connectivity index (χ1) is 12.0. The molecule has 1 aliphatic rings. The summed E-state index contributed by atoms with van der Waals surface area (Å²) in [4.78, 5) is 10.1. The SMILES string of the molecule is CCNC(=NCC(C)N1CCOCC1C)NC(C)Cc1ccc(C)s1.I. The fourth-order valence-electron chi connectivity index (χ4n) is 3.22. The van der Waals surface area contributed by atoms with Crippen molar-refractivity contribution in [1.82, 2.24) is 15.5 Å². The quantitative estimate of drug-likeness (QED) is 0.347. The van der Waals surface area contributed by atoms with E-state index in [1.54, 1.807) is 0 Å². The summed E-state index contributed by atoms with van der Waals surface area (Å²) >= 11 is 1.87. The molecule has 0 aliphatic carbocycles. The lowest BCUT2D eigenvalue weighted by Gasteiger charge is -2.37. The van der Waals surface area contributed by atoms with Crippen LogP contribution in [0.4, 0.5) is 0 Å². The van der Waals surface area contributed by atoms with Crippen molar-refractivity contribution in [2.24, 2.45) is 4.99 Å². The van der Waals surface area contributed by atoms with Crippen molar-refractivity contribution < 1.29 is 4.74 Å². The summed E-state index contributed by atoms with van der Waals surface area (Å²) in [6.45, 7) is 15.3. The lowest BCUT2D eigenvalue weighted by Crippen LogP contribution is -2.50. The molecule has 1 saturated heterocycles. The number of morpholine rings is 1. The molecule has 2 heterocycles. The van der Waals surface area contributed by atoms with Crippen molar-refractivity contribution in [3.05, 3.63) is 21.9 Å². The van der Waals surface area contributed by atoms with E-state index in [2.05, 4.69) is 62.3 Å². The highest BCUT2D eigenvalue weighted by atomic mass is 127. The summed E-state index contributed by atoms with van der Waals surface area (Å²) in [5, 5.41) is 6.92. The van der Waals surface area contributed by atoms with E-state index >= 15 is 0 Å². The Morgan fingerprint density at radius 3 is 2.81 bits per heavy atom. The molecular formula is C19H35IN4OS. The maximum Gasteiger partial charge on any atom is 0.191 e. The Morgan fingerprint density at radius 2 is 2.19 bits per heavy atom. The van der Waals surface area contributed by atoms with Gasteiger partial charge in [-0.15, -0.1) is 35.3 Å². The van der Waals surface area contributed by atoms with Gasteiger partial charge in [0, 0.05) is 47.4 Å². The maximum absolute atomic E-state index is 5.54. The number of hydrogen-bond donors (Lipinski definition) is 2. The van der Waals surface area contributed by atoms with E-state index in [0.29, 0.717) is 18.1 Å². The number of nitrogens with zero attached hydrogens (tertiary/aromatic N) is 2. The minimum absolute atomic E-state index is 0. The number of ether oxygens (including phenoxy) is 1. The molecule has 1 aromatic rings. The lowest BCUT2D eigenvalue weighted by molar-refractivity contribution is -0.0165. The van der Waals surface area contributed by atoms with Crippen LogP contribution in [0.25, 0.3) is 0 Å². The number of aliphatic imine (C=N–C) groups is 1. The first-order valence-corrected chi connectivity index (χ1v) is 10.2. The highest BCUT2D eigenvalue weighted by Gasteiger charge is 2.23. The fourth-order valence-corrected chi connectivity index (χ4v) is 4.24. The number of thiophene rings is 1. The molecule has 0 saturated carbocycles. The van der Waals surface area contributed by atoms with Crippen LogP contribution in [-0.2, 0) is 11.2 Å². The minimum Gasteiger partial charge on any atom is -0.379 e. The molecule has 0 radical (unpaired) electrons. The molecule has 1 aromatic heterocycles. The van der Waals surface area contributed by atoms with Gasteiger partial charge in [-0.2, -0.15) is 0 Å². The van der Waals surface area contributed by atoms with E-state index in [1.807, 2.05) is 11.3 Å². The molecule has 2 N–H and O–H groups in total. The standard InChI is InChI=1S/C19H34N4OS.HI/c1-6-20-19(22-14(2)11-18-8-7-17(5)25-18)21-12-15(3)23-9-10-24-13-16(23)4;/h7-8,14-16H,6,9-13H2,1-5H3,(H2,20,21,22);1H. The molecule has 0 spiro atoms. The number of nitrogens with one attached hydrogen (secondary N) is 2. The number of halogens is 1. The fraction of sp³-hybridized carbons (Fsp3) is 0.737. The number of rotatable bonds is 7. The molecule has 0 aromatic carbocycles. The van der Waals surface area contributed by atoms with Gasteiger partial charge in [0.2, 0.25) is 0 Å². The Morgan fingerprint density at radius 1 is 1.42 bits per heavy atom. The predicted molar refractivity (Wildman–Crippen MR) is 123 cm³/mol. The van der Waals surface area contributed by atoms with Gasteiger partial charge in [0.1, 0.15) is 0 Å². The molecular weight excluding hydrogens is 459 g/mol. The molecule has 0 bridgehead atoms.